The van der Waals surface area contributed by atoms with Crippen molar-refractivity contribution in [1.82, 2.24) is 20.1 Å². The zero-order valence-corrected chi connectivity index (χ0v) is 11.7. The molecule has 2 aromatic rings. The predicted octanol–water partition coefficient (Wildman–Crippen LogP) is 1.90. The molecule has 6 heteroatoms. The van der Waals surface area contributed by atoms with Gasteiger partial charge in [-0.1, -0.05) is 6.92 Å². The quantitative estimate of drug-likeness (QED) is 0.907. The zero-order valence-electron chi connectivity index (χ0n) is 11.7. The number of rotatable bonds is 2. The summed E-state index contributed by atoms with van der Waals surface area (Å²) in [6, 6.07) is 2.01. The van der Waals surface area contributed by atoms with Gasteiger partial charge in [0.2, 0.25) is 0 Å². The lowest BCUT2D eigenvalue weighted by atomic mass is 9.77. The van der Waals surface area contributed by atoms with Gasteiger partial charge in [0.1, 0.15) is 6.26 Å². The smallest absolute Gasteiger partial charge is 0.275 e. The number of aromatic nitrogens is 3. The molecule has 3 rings (SSSR count). The first-order chi connectivity index (χ1) is 9.58. The average molecular weight is 274 g/mol. The highest BCUT2D eigenvalue weighted by Crippen LogP contribution is 2.33. The molecule has 1 aliphatic rings. The molecule has 0 unspecified atom stereocenters. The number of carbonyl (C=O) groups is 1. The monoisotopic (exact) mass is 274 g/mol. The number of hydrogen-bond donors (Lipinski definition) is 1. The molecule has 0 aliphatic carbocycles. The minimum atomic E-state index is -0.0477. The number of piperidine rings is 1. The van der Waals surface area contributed by atoms with Crippen LogP contribution < -0.4 is 0 Å². The Labute approximate surface area is 117 Å². The zero-order chi connectivity index (χ0) is 14.2. The molecule has 2 aromatic heterocycles. The van der Waals surface area contributed by atoms with E-state index in [9.17, 15) is 4.79 Å². The van der Waals surface area contributed by atoms with E-state index >= 15 is 0 Å². The van der Waals surface area contributed by atoms with Gasteiger partial charge in [-0.15, -0.1) is 0 Å². The maximum absolute atomic E-state index is 12.3. The summed E-state index contributed by atoms with van der Waals surface area (Å²) in [5.41, 5.74) is 1.60. The van der Waals surface area contributed by atoms with E-state index in [1.54, 1.807) is 13.1 Å². The topological polar surface area (TPSA) is 75.0 Å². The number of nitrogens with zero attached hydrogens (tertiary/aromatic N) is 3. The summed E-state index contributed by atoms with van der Waals surface area (Å²) in [6.45, 7) is 5.39. The first-order valence-electron chi connectivity index (χ1n) is 6.80. The van der Waals surface area contributed by atoms with Crippen LogP contribution in [0.25, 0.3) is 0 Å². The lowest BCUT2D eigenvalue weighted by Crippen LogP contribution is -2.44. The summed E-state index contributed by atoms with van der Waals surface area (Å²) in [5, 5.41) is 7.06. The van der Waals surface area contributed by atoms with Crippen LogP contribution in [0, 0.1) is 6.92 Å². The highest BCUT2D eigenvalue weighted by atomic mass is 16.3. The second-order valence-corrected chi connectivity index (χ2v) is 5.57. The maximum atomic E-state index is 12.3. The Kier molecular flexibility index (Phi) is 3.08. The molecule has 106 valence electrons. The van der Waals surface area contributed by atoms with Crippen LogP contribution in [0.2, 0.25) is 0 Å². The van der Waals surface area contributed by atoms with E-state index in [-0.39, 0.29) is 11.3 Å². The van der Waals surface area contributed by atoms with E-state index in [1.807, 2.05) is 11.0 Å². The summed E-state index contributed by atoms with van der Waals surface area (Å²) < 4.78 is 5.10. The van der Waals surface area contributed by atoms with Crippen LogP contribution in [0.15, 0.2) is 22.9 Å². The van der Waals surface area contributed by atoms with Gasteiger partial charge in [-0.2, -0.15) is 5.10 Å². The molecule has 0 aromatic carbocycles. The van der Waals surface area contributed by atoms with E-state index in [0.29, 0.717) is 11.6 Å². The van der Waals surface area contributed by atoms with Crippen LogP contribution in [0.4, 0.5) is 0 Å². The Balaban J connectivity index is 1.68. The Morgan fingerprint density at radius 2 is 2.20 bits per heavy atom. The lowest BCUT2D eigenvalue weighted by molar-refractivity contribution is 0.0667. The molecule has 1 aliphatic heterocycles. The predicted molar refractivity (Wildman–Crippen MR) is 72.3 cm³/mol. The Bertz CT molecular complexity index is 594. The molecule has 6 nitrogen and oxygen atoms in total. The number of aryl methyl sites for hydroxylation is 1. The Morgan fingerprint density at radius 3 is 2.75 bits per heavy atom. The lowest BCUT2D eigenvalue weighted by Gasteiger charge is -2.38. The second kappa shape index (κ2) is 4.77. The van der Waals surface area contributed by atoms with E-state index in [2.05, 4.69) is 22.1 Å². The summed E-state index contributed by atoms with van der Waals surface area (Å²) in [5.74, 6) is 0.473. The fraction of sp³-hybridized carbons (Fsp3) is 0.500. The van der Waals surface area contributed by atoms with Gasteiger partial charge in [-0.05, 0) is 18.9 Å². The molecule has 3 heterocycles. The number of H-pyrrole nitrogens is 1. The molecule has 0 saturated carbocycles. The van der Waals surface area contributed by atoms with Gasteiger partial charge in [0.05, 0.1) is 0 Å². The molecule has 1 N–H and O–H groups in total. The van der Waals surface area contributed by atoms with Crippen molar-refractivity contribution < 1.29 is 9.21 Å². The molecule has 0 atom stereocenters. The van der Waals surface area contributed by atoms with Crippen molar-refractivity contribution >= 4 is 5.91 Å². The summed E-state index contributed by atoms with van der Waals surface area (Å²) in [4.78, 5) is 18.2. The molecule has 0 radical (unpaired) electrons. The SMILES string of the molecule is Cc1nc(C(=O)N2CCC(C)(c3ccn[nH]3)CC2)co1. The minimum Gasteiger partial charge on any atom is -0.448 e. The van der Waals surface area contributed by atoms with Gasteiger partial charge in [0, 0.05) is 37.3 Å². The highest BCUT2D eigenvalue weighted by molar-refractivity contribution is 5.92. The van der Waals surface area contributed by atoms with Crippen molar-refractivity contribution in [3.63, 3.8) is 0 Å². The average Bonchev–Trinajstić information content (AvgIpc) is 3.10. The van der Waals surface area contributed by atoms with Crippen LogP contribution >= 0.6 is 0 Å². The minimum absolute atomic E-state index is 0.0477. The highest BCUT2D eigenvalue weighted by Gasteiger charge is 2.35. The van der Waals surface area contributed by atoms with Crippen LogP contribution in [-0.4, -0.2) is 39.1 Å². The molecular formula is C14H18N4O2. The van der Waals surface area contributed by atoms with E-state index in [4.69, 9.17) is 4.42 Å². The van der Waals surface area contributed by atoms with Gasteiger partial charge in [-0.3, -0.25) is 9.89 Å². The van der Waals surface area contributed by atoms with Crippen molar-refractivity contribution in [2.24, 2.45) is 0 Å². The Morgan fingerprint density at radius 1 is 1.45 bits per heavy atom. The van der Waals surface area contributed by atoms with Crippen molar-refractivity contribution in [2.75, 3.05) is 13.1 Å². The van der Waals surface area contributed by atoms with Crippen molar-refractivity contribution in [3.05, 3.63) is 35.8 Å². The normalized spacial score (nSPS) is 18.2. The molecule has 1 fully saturated rings. The first-order valence-corrected chi connectivity index (χ1v) is 6.80. The van der Waals surface area contributed by atoms with E-state index in [0.717, 1.165) is 31.6 Å². The number of aromatic amines is 1. The van der Waals surface area contributed by atoms with E-state index < -0.39 is 0 Å². The summed E-state index contributed by atoms with van der Waals surface area (Å²) in [6.07, 6.45) is 5.03. The summed E-state index contributed by atoms with van der Waals surface area (Å²) in [7, 11) is 0. The fourth-order valence-corrected chi connectivity index (χ4v) is 2.69. The Hall–Kier alpha value is -2.11. The third-order valence-electron chi connectivity index (χ3n) is 4.14. The van der Waals surface area contributed by atoms with Gasteiger partial charge >= 0.3 is 0 Å². The second-order valence-electron chi connectivity index (χ2n) is 5.57. The molecule has 0 bridgehead atoms. The van der Waals surface area contributed by atoms with Crippen molar-refractivity contribution in [1.29, 1.82) is 0 Å². The number of carbonyl (C=O) groups excluding carboxylic acids is 1. The number of nitrogens with one attached hydrogen (secondary N) is 1. The number of likely N-dealkylation sites (tertiary alicyclic amines) is 1. The molecular weight excluding hydrogens is 256 g/mol. The standard InChI is InChI=1S/C14H18N4O2/c1-10-16-11(9-20-10)13(19)18-7-4-14(2,5-8-18)12-3-6-15-17-12/h3,6,9H,4-5,7-8H2,1-2H3,(H,15,17). The first kappa shape index (κ1) is 12.9. The van der Waals surface area contributed by atoms with Crippen LogP contribution in [0.1, 0.15) is 41.8 Å². The number of oxazole rings is 1. The van der Waals surface area contributed by atoms with Gasteiger partial charge in [0.15, 0.2) is 11.6 Å². The van der Waals surface area contributed by atoms with Crippen LogP contribution in [-0.2, 0) is 5.41 Å². The molecule has 1 amide bonds. The van der Waals surface area contributed by atoms with Crippen LogP contribution in [0.3, 0.4) is 0 Å². The maximum Gasteiger partial charge on any atom is 0.275 e. The van der Waals surface area contributed by atoms with Gasteiger partial charge in [0.25, 0.3) is 5.91 Å². The summed E-state index contributed by atoms with van der Waals surface area (Å²) >= 11 is 0. The molecule has 20 heavy (non-hydrogen) atoms. The van der Waals surface area contributed by atoms with Crippen molar-refractivity contribution in [3.8, 4) is 0 Å². The molecule has 1 saturated heterocycles. The van der Waals surface area contributed by atoms with Crippen LogP contribution in [0.5, 0.6) is 0 Å². The van der Waals surface area contributed by atoms with Gasteiger partial charge < -0.3 is 9.32 Å². The largest absolute Gasteiger partial charge is 0.448 e. The number of amides is 1. The van der Waals surface area contributed by atoms with Crippen molar-refractivity contribution in [2.45, 2.75) is 32.1 Å². The van der Waals surface area contributed by atoms with E-state index in [1.165, 1.54) is 6.26 Å². The molecule has 0 spiro atoms. The number of hydrogen-bond acceptors (Lipinski definition) is 4. The van der Waals surface area contributed by atoms with Gasteiger partial charge in [-0.25, -0.2) is 4.98 Å². The fourth-order valence-electron chi connectivity index (χ4n) is 2.69. The third kappa shape index (κ3) is 2.21. The third-order valence-corrected chi connectivity index (χ3v) is 4.14.